The number of benzene rings is 2. The topological polar surface area (TPSA) is 3.24 Å². The quantitative estimate of drug-likeness (QED) is 0.784. The van der Waals surface area contributed by atoms with Gasteiger partial charge in [0, 0.05) is 12.6 Å². The van der Waals surface area contributed by atoms with Gasteiger partial charge in [-0.1, -0.05) is 60.7 Å². The molecular weight excluding hydrogens is 242 g/mol. The van der Waals surface area contributed by atoms with Gasteiger partial charge in [0.15, 0.2) is 0 Å². The molecule has 0 spiro atoms. The maximum Gasteiger partial charge on any atom is 0.0286 e. The van der Waals surface area contributed by atoms with Gasteiger partial charge in [0.1, 0.15) is 0 Å². The van der Waals surface area contributed by atoms with Crippen LogP contribution in [-0.4, -0.2) is 24.5 Å². The van der Waals surface area contributed by atoms with E-state index in [0.29, 0.717) is 6.04 Å². The zero-order chi connectivity index (χ0) is 13.9. The Labute approximate surface area is 121 Å². The number of likely N-dealkylation sites (tertiary alicyclic amines) is 1. The molecule has 1 heterocycles. The monoisotopic (exact) mass is 263 g/mol. The van der Waals surface area contributed by atoms with Crippen molar-refractivity contribution in [2.75, 3.05) is 13.6 Å². The fraction of sp³-hybridized carbons (Fsp3) is 0.263. The van der Waals surface area contributed by atoms with Crippen LogP contribution in [0.25, 0.3) is 5.57 Å². The van der Waals surface area contributed by atoms with Gasteiger partial charge in [0.05, 0.1) is 0 Å². The van der Waals surface area contributed by atoms with Gasteiger partial charge < -0.3 is 0 Å². The van der Waals surface area contributed by atoms with Crippen molar-refractivity contribution in [2.24, 2.45) is 0 Å². The molecule has 1 aliphatic heterocycles. The highest BCUT2D eigenvalue weighted by molar-refractivity contribution is 5.83. The molecule has 3 rings (SSSR count). The van der Waals surface area contributed by atoms with Crippen LogP contribution in [0.2, 0.25) is 0 Å². The van der Waals surface area contributed by atoms with Gasteiger partial charge in [-0.3, -0.25) is 4.90 Å². The molecule has 1 atom stereocenters. The van der Waals surface area contributed by atoms with Gasteiger partial charge >= 0.3 is 0 Å². The van der Waals surface area contributed by atoms with E-state index in [9.17, 15) is 0 Å². The van der Waals surface area contributed by atoms with Gasteiger partial charge in [0.25, 0.3) is 0 Å². The Balaban J connectivity index is 2.17. The van der Waals surface area contributed by atoms with E-state index in [1.807, 2.05) is 0 Å². The van der Waals surface area contributed by atoms with Gasteiger partial charge in [0.2, 0.25) is 0 Å². The zero-order valence-corrected chi connectivity index (χ0v) is 12.2. The molecule has 1 fully saturated rings. The molecule has 1 saturated heterocycles. The summed E-state index contributed by atoms with van der Waals surface area (Å²) in [6.07, 6.45) is 1.16. The molecular formula is C19H21N. The van der Waals surface area contributed by atoms with E-state index in [-0.39, 0.29) is 0 Å². The van der Waals surface area contributed by atoms with Crippen molar-refractivity contribution >= 4 is 5.57 Å². The minimum Gasteiger partial charge on any atom is -0.300 e. The SMILES string of the molecule is CC1C(=C(c2ccccc2)c2ccccc2)CCN1C. The van der Waals surface area contributed by atoms with Crippen LogP contribution in [0.15, 0.2) is 66.2 Å². The van der Waals surface area contributed by atoms with Gasteiger partial charge in [-0.2, -0.15) is 0 Å². The Morgan fingerprint density at radius 1 is 0.900 bits per heavy atom. The van der Waals surface area contributed by atoms with Crippen LogP contribution in [0.1, 0.15) is 24.5 Å². The lowest BCUT2D eigenvalue weighted by Crippen LogP contribution is -2.22. The molecule has 0 radical (unpaired) electrons. The van der Waals surface area contributed by atoms with E-state index >= 15 is 0 Å². The fourth-order valence-corrected chi connectivity index (χ4v) is 3.05. The number of rotatable bonds is 2. The van der Waals surface area contributed by atoms with E-state index in [1.165, 1.54) is 16.7 Å². The van der Waals surface area contributed by atoms with Crippen LogP contribution < -0.4 is 0 Å². The Morgan fingerprint density at radius 3 is 1.80 bits per heavy atom. The number of likely N-dealkylation sites (N-methyl/N-ethyl adjacent to an activating group) is 1. The van der Waals surface area contributed by atoms with Crippen molar-refractivity contribution in [3.8, 4) is 0 Å². The summed E-state index contributed by atoms with van der Waals surface area (Å²) in [5.41, 5.74) is 5.64. The lowest BCUT2D eigenvalue weighted by atomic mass is 9.90. The maximum absolute atomic E-state index is 2.43. The number of nitrogens with zero attached hydrogens (tertiary/aromatic N) is 1. The molecule has 0 aromatic heterocycles. The Hall–Kier alpha value is -1.86. The number of hydrogen-bond donors (Lipinski definition) is 0. The van der Waals surface area contributed by atoms with Crippen LogP contribution in [0.5, 0.6) is 0 Å². The summed E-state index contributed by atoms with van der Waals surface area (Å²) in [6, 6.07) is 22.1. The standard InChI is InChI=1S/C19H21N/c1-15-18(13-14-20(15)2)19(16-9-5-3-6-10-16)17-11-7-4-8-12-17/h3-12,15H,13-14H2,1-2H3. The van der Waals surface area contributed by atoms with E-state index in [0.717, 1.165) is 13.0 Å². The Kier molecular flexibility index (Phi) is 3.70. The second kappa shape index (κ2) is 5.64. The summed E-state index contributed by atoms with van der Waals surface area (Å²) in [5.74, 6) is 0. The van der Waals surface area contributed by atoms with Crippen molar-refractivity contribution in [3.63, 3.8) is 0 Å². The van der Waals surface area contributed by atoms with Crippen molar-refractivity contribution in [3.05, 3.63) is 77.4 Å². The second-order valence-corrected chi connectivity index (χ2v) is 5.54. The van der Waals surface area contributed by atoms with Crippen LogP contribution in [-0.2, 0) is 0 Å². The lowest BCUT2D eigenvalue weighted by Gasteiger charge is -2.19. The first kappa shape index (κ1) is 13.1. The van der Waals surface area contributed by atoms with Crippen LogP contribution in [0.4, 0.5) is 0 Å². The summed E-state index contributed by atoms with van der Waals surface area (Å²) in [4.78, 5) is 2.43. The molecule has 0 aliphatic carbocycles. The smallest absolute Gasteiger partial charge is 0.0286 e. The van der Waals surface area contributed by atoms with Crippen molar-refractivity contribution in [2.45, 2.75) is 19.4 Å². The van der Waals surface area contributed by atoms with Crippen LogP contribution in [0, 0.1) is 0 Å². The predicted molar refractivity (Wildman–Crippen MR) is 85.6 cm³/mol. The summed E-state index contributed by atoms with van der Waals surface area (Å²) in [6.45, 7) is 3.47. The predicted octanol–water partition coefficient (Wildman–Crippen LogP) is 4.21. The third-order valence-electron chi connectivity index (χ3n) is 4.35. The molecule has 20 heavy (non-hydrogen) atoms. The van der Waals surface area contributed by atoms with Crippen LogP contribution in [0.3, 0.4) is 0 Å². The minimum atomic E-state index is 0.519. The van der Waals surface area contributed by atoms with E-state index in [2.05, 4.69) is 79.5 Å². The molecule has 1 nitrogen and oxygen atoms in total. The third-order valence-corrected chi connectivity index (χ3v) is 4.35. The molecule has 2 aromatic rings. The van der Waals surface area contributed by atoms with Gasteiger partial charge in [-0.15, -0.1) is 0 Å². The first-order valence-corrected chi connectivity index (χ1v) is 7.31. The van der Waals surface area contributed by atoms with Gasteiger partial charge in [-0.05, 0) is 42.7 Å². The van der Waals surface area contributed by atoms with E-state index in [1.54, 1.807) is 5.57 Å². The summed E-state index contributed by atoms with van der Waals surface area (Å²) >= 11 is 0. The Morgan fingerprint density at radius 2 is 1.40 bits per heavy atom. The van der Waals surface area contributed by atoms with Crippen molar-refractivity contribution in [1.29, 1.82) is 0 Å². The molecule has 0 N–H and O–H groups in total. The van der Waals surface area contributed by atoms with Crippen molar-refractivity contribution in [1.82, 2.24) is 4.90 Å². The highest BCUT2D eigenvalue weighted by Crippen LogP contribution is 2.34. The largest absolute Gasteiger partial charge is 0.300 e. The highest BCUT2D eigenvalue weighted by atomic mass is 15.1. The molecule has 0 bridgehead atoms. The minimum absolute atomic E-state index is 0.519. The summed E-state index contributed by atoms with van der Waals surface area (Å²) in [7, 11) is 2.21. The van der Waals surface area contributed by atoms with Crippen LogP contribution >= 0.6 is 0 Å². The number of hydrogen-bond acceptors (Lipinski definition) is 1. The molecule has 1 unspecified atom stereocenters. The first-order chi connectivity index (χ1) is 9.77. The summed E-state index contributed by atoms with van der Waals surface area (Å²) in [5, 5.41) is 0. The Bertz CT molecular complexity index is 557. The third kappa shape index (κ3) is 2.41. The van der Waals surface area contributed by atoms with E-state index in [4.69, 9.17) is 0 Å². The zero-order valence-electron chi connectivity index (χ0n) is 12.2. The molecule has 102 valence electrons. The maximum atomic E-state index is 2.43. The summed E-state index contributed by atoms with van der Waals surface area (Å²) < 4.78 is 0. The highest BCUT2D eigenvalue weighted by Gasteiger charge is 2.25. The molecule has 2 aromatic carbocycles. The van der Waals surface area contributed by atoms with Crippen molar-refractivity contribution < 1.29 is 0 Å². The molecule has 1 aliphatic rings. The second-order valence-electron chi connectivity index (χ2n) is 5.54. The normalized spacial score (nSPS) is 19.3. The average molecular weight is 263 g/mol. The molecule has 0 saturated carbocycles. The molecule has 0 amide bonds. The first-order valence-electron chi connectivity index (χ1n) is 7.31. The molecule has 1 heteroatoms. The van der Waals surface area contributed by atoms with E-state index < -0.39 is 0 Å². The van der Waals surface area contributed by atoms with Gasteiger partial charge in [-0.25, -0.2) is 0 Å². The average Bonchev–Trinajstić information content (AvgIpc) is 2.82. The fourth-order valence-electron chi connectivity index (χ4n) is 3.05. The lowest BCUT2D eigenvalue weighted by molar-refractivity contribution is 0.347.